The number of likely N-dealkylation sites (tertiary alicyclic amines) is 1. The minimum atomic E-state index is -1.95. The number of hydrogen-bond donors (Lipinski definition) is 3. The SMILES string of the molecule is CC(O)C1(C(=O)O)NC(C=Cc2ccccc2)C2C(=O)N(Cc3ccccc3)C(=O)C21. The van der Waals surface area contributed by atoms with Gasteiger partial charge < -0.3 is 10.2 Å². The van der Waals surface area contributed by atoms with Crippen molar-refractivity contribution in [3.63, 3.8) is 0 Å². The molecule has 0 saturated carbocycles. The van der Waals surface area contributed by atoms with Crippen LogP contribution in [-0.4, -0.2) is 50.6 Å². The third-order valence-electron chi connectivity index (χ3n) is 6.22. The maximum absolute atomic E-state index is 13.3. The van der Waals surface area contributed by atoms with Crippen LogP contribution in [0.3, 0.4) is 0 Å². The summed E-state index contributed by atoms with van der Waals surface area (Å²) in [5.74, 6) is -4.48. The molecule has 2 aliphatic heterocycles. The van der Waals surface area contributed by atoms with Crippen LogP contribution in [0.5, 0.6) is 0 Å². The average molecular weight is 420 g/mol. The van der Waals surface area contributed by atoms with E-state index in [2.05, 4.69) is 5.32 Å². The molecule has 7 nitrogen and oxygen atoms in total. The van der Waals surface area contributed by atoms with Crippen molar-refractivity contribution in [2.45, 2.75) is 31.2 Å². The first-order valence-electron chi connectivity index (χ1n) is 10.2. The number of nitrogens with one attached hydrogen (secondary N) is 1. The van der Waals surface area contributed by atoms with Crippen LogP contribution in [0.4, 0.5) is 0 Å². The fourth-order valence-corrected chi connectivity index (χ4v) is 4.67. The van der Waals surface area contributed by atoms with Crippen LogP contribution in [0, 0.1) is 11.8 Å². The summed E-state index contributed by atoms with van der Waals surface area (Å²) < 4.78 is 0. The molecule has 160 valence electrons. The molecule has 2 aromatic rings. The molecule has 0 spiro atoms. The van der Waals surface area contributed by atoms with Crippen molar-refractivity contribution in [3.8, 4) is 0 Å². The Morgan fingerprint density at radius 1 is 1.10 bits per heavy atom. The smallest absolute Gasteiger partial charge is 0.327 e. The highest BCUT2D eigenvalue weighted by Crippen LogP contribution is 2.45. The Balaban J connectivity index is 1.73. The number of aliphatic hydroxyl groups excluding tert-OH is 1. The van der Waals surface area contributed by atoms with Gasteiger partial charge in [-0.25, -0.2) is 0 Å². The summed E-state index contributed by atoms with van der Waals surface area (Å²) in [5.41, 5.74) is -0.302. The van der Waals surface area contributed by atoms with Gasteiger partial charge in [-0.2, -0.15) is 0 Å². The molecule has 0 aliphatic carbocycles. The minimum absolute atomic E-state index is 0.0656. The van der Waals surface area contributed by atoms with Gasteiger partial charge in [0.15, 0.2) is 5.54 Å². The van der Waals surface area contributed by atoms with Crippen LogP contribution in [0.2, 0.25) is 0 Å². The lowest BCUT2D eigenvalue weighted by atomic mass is 9.77. The number of hydrogen-bond acceptors (Lipinski definition) is 5. The van der Waals surface area contributed by atoms with E-state index in [1.54, 1.807) is 24.3 Å². The number of carbonyl (C=O) groups is 3. The number of carboxylic acids is 1. The van der Waals surface area contributed by atoms with Crippen molar-refractivity contribution in [1.29, 1.82) is 0 Å². The second-order valence-electron chi connectivity index (χ2n) is 8.04. The molecule has 5 atom stereocenters. The molecule has 2 amide bonds. The molecule has 2 fully saturated rings. The highest BCUT2D eigenvalue weighted by molar-refractivity contribution is 6.09. The van der Waals surface area contributed by atoms with E-state index < -0.39 is 47.3 Å². The summed E-state index contributed by atoms with van der Waals surface area (Å²) in [6, 6.07) is 17.7. The summed E-state index contributed by atoms with van der Waals surface area (Å²) >= 11 is 0. The molecule has 4 rings (SSSR count). The molecule has 2 heterocycles. The third kappa shape index (κ3) is 3.45. The van der Waals surface area contributed by atoms with Crippen LogP contribution in [0.1, 0.15) is 18.1 Å². The number of aliphatic hydroxyl groups is 1. The summed E-state index contributed by atoms with van der Waals surface area (Å²) in [7, 11) is 0. The summed E-state index contributed by atoms with van der Waals surface area (Å²) in [6.07, 6.45) is 2.10. The standard InChI is InChI=1S/C24H24N2O5/c1-15(27)24(23(30)31)20-19(18(25-24)13-12-16-8-4-2-5-9-16)21(28)26(22(20)29)14-17-10-6-3-7-11-17/h2-13,15,18-20,25,27H,14H2,1H3,(H,30,31). The zero-order valence-electron chi connectivity index (χ0n) is 17.0. The Hall–Kier alpha value is -3.29. The van der Waals surface area contributed by atoms with Gasteiger partial charge >= 0.3 is 5.97 Å². The fourth-order valence-electron chi connectivity index (χ4n) is 4.67. The second-order valence-corrected chi connectivity index (χ2v) is 8.04. The maximum atomic E-state index is 13.3. The monoisotopic (exact) mass is 420 g/mol. The van der Waals surface area contributed by atoms with E-state index in [-0.39, 0.29) is 6.54 Å². The van der Waals surface area contributed by atoms with Crippen LogP contribution in [-0.2, 0) is 20.9 Å². The van der Waals surface area contributed by atoms with Crippen LogP contribution in [0.25, 0.3) is 6.08 Å². The number of benzene rings is 2. The van der Waals surface area contributed by atoms with Gasteiger partial charge in [-0.15, -0.1) is 0 Å². The van der Waals surface area contributed by atoms with Crippen LogP contribution < -0.4 is 5.32 Å². The van der Waals surface area contributed by atoms with E-state index in [0.717, 1.165) is 16.0 Å². The molecular formula is C24H24N2O5. The summed E-state index contributed by atoms with van der Waals surface area (Å²) in [4.78, 5) is 40.1. The van der Waals surface area contributed by atoms with Gasteiger partial charge in [0.05, 0.1) is 24.5 Å². The number of carboxylic acid groups (broad SMARTS) is 1. The van der Waals surface area contributed by atoms with Crippen LogP contribution >= 0.6 is 0 Å². The molecule has 2 saturated heterocycles. The van der Waals surface area contributed by atoms with Gasteiger partial charge in [-0.3, -0.25) is 24.6 Å². The van der Waals surface area contributed by atoms with Crippen molar-refractivity contribution in [2.24, 2.45) is 11.8 Å². The Morgan fingerprint density at radius 2 is 1.71 bits per heavy atom. The number of aliphatic carboxylic acids is 1. The largest absolute Gasteiger partial charge is 0.480 e. The predicted octanol–water partition coefficient (Wildman–Crippen LogP) is 1.68. The zero-order valence-corrected chi connectivity index (χ0v) is 17.0. The van der Waals surface area contributed by atoms with Gasteiger partial charge in [0.1, 0.15) is 0 Å². The van der Waals surface area contributed by atoms with Gasteiger partial charge in [0.25, 0.3) is 0 Å². The molecule has 3 N–H and O–H groups in total. The van der Waals surface area contributed by atoms with Crippen LogP contribution in [0.15, 0.2) is 66.7 Å². The number of imide groups is 1. The third-order valence-corrected chi connectivity index (χ3v) is 6.22. The molecule has 2 aromatic carbocycles. The lowest BCUT2D eigenvalue weighted by Crippen LogP contribution is -2.62. The van der Waals surface area contributed by atoms with E-state index in [1.165, 1.54) is 6.92 Å². The van der Waals surface area contributed by atoms with E-state index >= 15 is 0 Å². The first-order chi connectivity index (χ1) is 14.9. The zero-order chi connectivity index (χ0) is 22.2. The number of carbonyl (C=O) groups excluding carboxylic acids is 2. The van der Waals surface area contributed by atoms with Gasteiger partial charge in [0.2, 0.25) is 11.8 Å². The number of amides is 2. The Bertz CT molecular complexity index is 1020. The minimum Gasteiger partial charge on any atom is -0.480 e. The van der Waals surface area contributed by atoms with E-state index in [4.69, 9.17) is 0 Å². The Kier molecular flexibility index (Phi) is 5.47. The average Bonchev–Trinajstić information content (AvgIpc) is 3.24. The highest BCUT2D eigenvalue weighted by Gasteiger charge is 2.69. The fraction of sp³-hybridized carbons (Fsp3) is 0.292. The quantitative estimate of drug-likeness (QED) is 0.614. The van der Waals surface area contributed by atoms with Crippen molar-refractivity contribution >= 4 is 23.9 Å². The van der Waals surface area contributed by atoms with Crippen molar-refractivity contribution in [2.75, 3.05) is 0 Å². The van der Waals surface area contributed by atoms with E-state index in [1.807, 2.05) is 48.5 Å². The number of nitrogens with zero attached hydrogens (tertiary/aromatic N) is 1. The molecule has 0 bridgehead atoms. The highest BCUT2D eigenvalue weighted by atomic mass is 16.4. The van der Waals surface area contributed by atoms with Crippen molar-refractivity contribution in [3.05, 3.63) is 77.9 Å². The topological polar surface area (TPSA) is 107 Å². The Labute approximate surface area is 180 Å². The lowest BCUT2D eigenvalue weighted by molar-refractivity contribution is -0.156. The maximum Gasteiger partial charge on any atom is 0.327 e. The first kappa shape index (κ1) is 21.0. The normalized spacial score (nSPS) is 28.8. The Morgan fingerprint density at radius 3 is 2.29 bits per heavy atom. The molecule has 0 radical (unpaired) electrons. The predicted molar refractivity (Wildman–Crippen MR) is 113 cm³/mol. The first-order valence-corrected chi connectivity index (χ1v) is 10.2. The van der Waals surface area contributed by atoms with Crippen molar-refractivity contribution < 1.29 is 24.6 Å². The summed E-state index contributed by atoms with van der Waals surface area (Å²) in [5, 5.41) is 23.4. The molecular weight excluding hydrogens is 396 g/mol. The molecule has 31 heavy (non-hydrogen) atoms. The molecule has 0 aromatic heterocycles. The number of fused-ring (bicyclic) bond motifs is 1. The van der Waals surface area contributed by atoms with E-state index in [0.29, 0.717) is 0 Å². The van der Waals surface area contributed by atoms with Gasteiger partial charge in [-0.05, 0) is 18.1 Å². The summed E-state index contributed by atoms with van der Waals surface area (Å²) in [6.45, 7) is 1.40. The molecule has 7 heteroatoms. The lowest BCUT2D eigenvalue weighted by Gasteiger charge is -2.33. The molecule has 5 unspecified atom stereocenters. The van der Waals surface area contributed by atoms with E-state index in [9.17, 15) is 24.6 Å². The van der Waals surface area contributed by atoms with Gasteiger partial charge in [0, 0.05) is 6.04 Å². The number of rotatable bonds is 6. The van der Waals surface area contributed by atoms with Crippen molar-refractivity contribution in [1.82, 2.24) is 10.2 Å². The second kappa shape index (κ2) is 8.09. The molecule has 2 aliphatic rings. The van der Waals surface area contributed by atoms with Gasteiger partial charge in [-0.1, -0.05) is 72.8 Å².